The van der Waals surface area contributed by atoms with Crippen molar-refractivity contribution >= 4 is 0 Å². The van der Waals surface area contributed by atoms with Crippen LogP contribution in [0.3, 0.4) is 0 Å². The molecule has 1 aliphatic heterocycles. The summed E-state index contributed by atoms with van der Waals surface area (Å²) in [6.07, 6.45) is 5.15. The normalized spacial score (nSPS) is 29.1. The van der Waals surface area contributed by atoms with E-state index < -0.39 is 11.6 Å². The minimum absolute atomic E-state index is 0.214. The lowest BCUT2D eigenvalue weighted by Crippen LogP contribution is -2.54. The summed E-state index contributed by atoms with van der Waals surface area (Å²) in [4.78, 5) is 14.9. The predicted octanol–water partition coefficient (Wildman–Crippen LogP) is 2.75. The van der Waals surface area contributed by atoms with Crippen LogP contribution in [0, 0.1) is 10.7 Å². The second-order valence-corrected chi connectivity index (χ2v) is 7.22. The van der Waals surface area contributed by atoms with Crippen LogP contribution in [0.4, 0.5) is 4.39 Å². The summed E-state index contributed by atoms with van der Waals surface area (Å²) in [6.45, 7) is 0. The quantitative estimate of drug-likeness (QED) is 0.834. The highest BCUT2D eigenvalue weighted by molar-refractivity contribution is 5.69. The summed E-state index contributed by atoms with van der Waals surface area (Å²) < 4.78 is 16.4. The Labute approximate surface area is 144 Å². The van der Waals surface area contributed by atoms with Crippen molar-refractivity contribution in [3.05, 3.63) is 47.0 Å². The molecule has 2 heterocycles. The molecule has 2 aromatic rings. The molecule has 1 aromatic carbocycles. The number of rotatable bonds is 4. The van der Waals surface area contributed by atoms with E-state index in [0.29, 0.717) is 37.7 Å². The average molecular weight is 344 g/mol. The Kier molecular flexibility index (Phi) is 3.92. The Morgan fingerprint density at radius 2 is 2.20 bits per heavy atom. The lowest BCUT2D eigenvalue weighted by Gasteiger charge is -2.40. The third kappa shape index (κ3) is 2.58. The van der Waals surface area contributed by atoms with Crippen LogP contribution in [0.5, 0.6) is 0 Å². The van der Waals surface area contributed by atoms with E-state index in [1.807, 2.05) is 10.6 Å². The SMILES string of the molecule is NC1(C(O)CC2c3c(F)cccc3-c3cncn32)CCC(N=O)CC1. The molecule has 2 aliphatic rings. The molecule has 7 heteroatoms. The number of nitrogens with two attached hydrogens (primary N) is 1. The minimum atomic E-state index is -0.800. The first-order valence-corrected chi connectivity index (χ1v) is 8.63. The zero-order valence-corrected chi connectivity index (χ0v) is 13.8. The number of hydrogen-bond donors (Lipinski definition) is 2. The summed E-state index contributed by atoms with van der Waals surface area (Å²) in [5, 5.41) is 13.9. The molecule has 132 valence electrons. The first-order valence-electron chi connectivity index (χ1n) is 8.63. The fourth-order valence-electron chi connectivity index (χ4n) is 4.26. The molecule has 1 aliphatic carbocycles. The van der Waals surface area contributed by atoms with Crippen molar-refractivity contribution in [2.24, 2.45) is 10.9 Å². The van der Waals surface area contributed by atoms with Crippen LogP contribution >= 0.6 is 0 Å². The van der Waals surface area contributed by atoms with Gasteiger partial charge in [-0.15, -0.1) is 0 Å². The molecule has 1 saturated carbocycles. The second-order valence-electron chi connectivity index (χ2n) is 7.22. The molecule has 0 amide bonds. The highest BCUT2D eigenvalue weighted by Gasteiger charge is 2.41. The number of imidazole rings is 1. The Bertz CT molecular complexity index is 798. The first kappa shape index (κ1) is 16.4. The van der Waals surface area contributed by atoms with E-state index in [0.717, 1.165) is 11.3 Å². The van der Waals surface area contributed by atoms with Gasteiger partial charge in [0.1, 0.15) is 5.82 Å². The van der Waals surface area contributed by atoms with Crippen LogP contribution in [-0.2, 0) is 0 Å². The molecule has 3 N–H and O–H groups in total. The lowest BCUT2D eigenvalue weighted by molar-refractivity contribution is 0.0420. The van der Waals surface area contributed by atoms with Gasteiger partial charge in [-0.3, -0.25) is 0 Å². The molecule has 2 unspecified atom stereocenters. The van der Waals surface area contributed by atoms with Crippen LogP contribution < -0.4 is 5.73 Å². The molecule has 1 fully saturated rings. The highest BCUT2D eigenvalue weighted by Crippen LogP contribution is 2.44. The fraction of sp³-hybridized carbons (Fsp3) is 0.500. The zero-order chi connectivity index (χ0) is 17.6. The van der Waals surface area contributed by atoms with Crippen LogP contribution in [0.2, 0.25) is 0 Å². The molecule has 6 nitrogen and oxygen atoms in total. The van der Waals surface area contributed by atoms with Crippen molar-refractivity contribution < 1.29 is 9.50 Å². The Morgan fingerprint density at radius 3 is 2.92 bits per heavy atom. The molecule has 0 saturated heterocycles. The molecule has 0 radical (unpaired) electrons. The summed E-state index contributed by atoms with van der Waals surface area (Å²) >= 11 is 0. The molecule has 25 heavy (non-hydrogen) atoms. The van der Waals surface area contributed by atoms with E-state index in [4.69, 9.17) is 5.73 Å². The number of benzene rings is 1. The van der Waals surface area contributed by atoms with Gasteiger partial charge in [-0.05, 0) is 31.7 Å². The number of aliphatic hydroxyl groups is 1. The maximum atomic E-state index is 14.5. The summed E-state index contributed by atoms with van der Waals surface area (Å²) in [7, 11) is 0. The molecule has 2 atom stereocenters. The van der Waals surface area contributed by atoms with Crippen LogP contribution in [-0.4, -0.2) is 32.3 Å². The summed E-state index contributed by atoms with van der Waals surface area (Å²) in [5.74, 6) is -0.279. The van der Waals surface area contributed by atoms with Gasteiger partial charge in [-0.2, -0.15) is 4.91 Å². The third-order valence-corrected chi connectivity index (χ3v) is 5.81. The van der Waals surface area contributed by atoms with Gasteiger partial charge < -0.3 is 15.4 Å². The van der Waals surface area contributed by atoms with Gasteiger partial charge in [0.2, 0.25) is 0 Å². The number of aromatic nitrogens is 2. The number of nitrogens with zero attached hydrogens (tertiary/aromatic N) is 3. The van der Waals surface area contributed by atoms with Crippen molar-refractivity contribution in [2.75, 3.05) is 0 Å². The van der Waals surface area contributed by atoms with Gasteiger partial charge >= 0.3 is 0 Å². The maximum Gasteiger partial charge on any atom is 0.129 e. The van der Waals surface area contributed by atoms with E-state index in [1.165, 1.54) is 6.07 Å². The lowest BCUT2D eigenvalue weighted by atomic mass is 9.74. The van der Waals surface area contributed by atoms with Gasteiger partial charge in [0.05, 0.1) is 36.4 Å². The number of nitroso groups, excluding NO2 is 1. The summed E-state index contributed by atoms with van der Waals surface area (Å²) in [6, 6.07) is 4.46. The van der Waals surface area contributed by atoms with Gasteiger partial charge in [0.25, 0.3) is 0 Å². The van der Waals surface area contributed by atoms with Crippen molar-refractivity contribution in [2.45, 2.75) is 55.8 Å². The van der Waals surface area contributed by atoms with E-state index >= 15 is 0 Å². The fourth-order valence-corrected chi connectivity index (χ4v) is 4.26. The molecular formula is C18H21FN4O2. The molecule has 4 rings (SSSR count). The Balaban J connectivity index is 1.60. The third-order valence-electron chi connectivity index (χ3n) is 5.81. The van der Waals surface area contributed by atoms with Crippen molar-refractivity contribution in [3.63, 3.8) is 0 Å². The van der Waals surface area contributed by atoms with Crippen LogP contribution in [0.1, 0.15) is 43.7 Å². The number of aliphatic hydroxyl groups excluding tert-OH is 1. The standard InChI is InChI=1S/C18H21FN4O2/c19-13-3-1-2-12-15-9-21-10-23(15)14(17(12)13)8-16(24)18(20)6-4-11(22-25)5-7-18/h1-3,9-11,14,16,24H,4-8,20H2. The van der Waals surface area contributed by atoms with Crippen molar-refractivity contribution in [3.8, 4) is 11.3 Å². The second kappa shape index (κ2) is 6.00. The number of fused-ring (bicyclic) bond motifs is 3. The van der Waals surface area contributed by atoms with Gasteiger partial charge in [-0.25, -0.2) is 9.37 Å². The summed E-state index contributed by atoms with van der Waals surface area (Å²) in [5.41, 5.74) is 7.93. The van der Waals surface area contributed by atoms with Crippen molar-refractivity contribution in [1.29, 1.82) is 0 Å². The van der Waals surface area contributed by atoms with Crippen LogP contribution in [0.25, 0.3) is 11.3 Å². The van der Waals surface area contributed by atoms with E-state index in [2.05, 4.69) is 10.2 Å². The van der Waals surface area contributed by atoms with Gasteiger partial charge in [0.15, 0.2) is 0 Å². The highest BCUT2D eigenvalue weighted by atomic mass is 19.1. The first-order chi connectivity index (χ1) is 12.0. The van der Waals surface area contributed by atoms with Gasteiger partial charge in [-0.1, -0.05) is 17.3 Å². The van der Waals surface area contributed by atoms with Crippen LogP contribution in [0.15, 0.2) is 35.9 Å². The smallest absolute Gasteiger partial charge is 0.129 e. The predicted molar refractivity (Wildman–Crippen MR) is 91.4 cm³/mol. The maximum absolute atomic E-state index is 14.5. The Morgan fingerprint density at radius 1 is 1.44 bits per heavy atom. The molecule has 1 aromatic heterocycles. The monoisotopic (exact) mass is 344 g/mol. The average Bonchev–Trinajstić information content (AvgIpc) is 3.19. The van der Waals surface area contributed by atoms with E-state index in [1.54, 1.807) is 18.6 Å². The Hall–Kier alpha value is -2.12. The minimum Gasteiger partial charge on any atom is -0.391 e. The van der Waals surface area contributed by atoms with E-state index in [9.17, 15) is 14.4 Å². The topological polar surface area (TPSA) is 93.5 Å². The molecular weight excluding hydrogens is 323 g/mol. The molecule has 0 bridgehead atoms. The zero-order valence-electron chi connectivity index (χ0n) is 13.8. The van der Waals surface area contributed by atoms with Gasteiger partial charge in [0, 0.05) is 23.1 Å². The molecule has 0 spiro atoms. The number of halogens is 1. The van der Waals surface area contributed by atoms with Crippen molar-refractivity contribution in [1.82, 2.24) is 9.55 Å². The number of hydrogen-bond acceptors (Lipinski definition) is 5. The largest absolute Gasteiger partial charge is 0.391 e. The van der Waals surface area contributed by atoms with E-state index in [-0.39, 0.29) is 17.9 Å².